The molecule has 0 spiro atoms. The van der Waals surface area contributed by atoms with E-state index in [2.05, 4.69) is 5.32 Å². The minimum Gasteiger partial charge on any atom is -0.379 e. The zero-order valence-electron chi connectivity index (χ0n) is 14.3. The molecule has 1 saturated heterocycles. The molecule has 140 valence electrons. The average Bonchev–Trinajstić information content (AvgIpc) is 3.16. The Kier molecular flexibility index (Phi) is 6.36. The SMILES string of the molecule is Cc1ccc(NC(=O)CSc2cccs2)cc1S(=O)(=O)N1CCOCC1. The van der Waals surface area contributed by atoms with E-state index in [1.165, 1.54) is 22.1 Å². The molecule has 1 aromatic heterocycles. The van der Waals surface area contributed by atoms with Crippen LogP contribution in [-0.4, -0.2) is 50.7 Å². The number of aryl methyl sites for hydroxylation is 1. The first-order valence-corrected chi connectivity index (χ1v) is 11.4. The van der Waals surface area contributed by atoms with Gasteiger partial charge in [0.2, 0.25) is 15.9 Å². The van der Waals surface area contributed by atoms with E-state index in [4.69, 9.17) is 4.74 Å². The number of nitrogens with zero attached hydrogens (tertiary/aromatic N) is 1. The van der Waals surface area contributed by atoms with E-state index < -0.39 is 10.0 Å². The molecule has 0 bridgehead atoms. The summed E-state index contributed by atoms with van der Waals surface area (Å²) in [6.07, 6.45) is 0. The van der Waals surface area contributed by atoms with Gasteiger partial charge < -0.3 is 10.1 Å². The maximum Gasteiger partial charge on any atom is 0.243 e. The van der Waals surface area contributed by atoms with Crippen molar-refractivity contribution in [1.29, 1.82) is 0 Å². The van der Waals surface area contributed by atoms with Gasteiger partial charge in [0.1, 0.15) is 0 Å². The minimum atomic E-state index is -3.60. The maximum absolute atomic E-state index is 12.9. The van der Waals surface area contributed by atoms with E-state index in [-0.39, 0.29) is 16.6 Å². The number of hydrogen-bond acceptors (Lipinski definition) is 6. The monoisotopic (exact) mass is 412 g/mol. The van der Waals surface area contributed by atoms with Crippen molar-refractivity contribution < 1.29 is 17.9 Å². The summed E-state index contributed by atoms with van der Waals surface area (Å²) in [4.78, 5) is 12.4. The molecule has 0 radical (unpaired) electrons. The lowest BCUT2D eigenvalue weighted by Crippen LogP contribution is -2.40. The molecule has 0 aliphatic carbocycles. The van der Waals surface area contributed by atoms with Crippen molar-refractivity contribution in [2.75, 3.05) is 37.4 Å². The molecule has 2 aromatic rings. The molecular formula is C17H20N2O4S3. The normalized spacial score (nSPS) is 15.7. The first kappa shape index (κ1) is 19.4. The zero-order valence-corrected chi connectivity index (χ0v) is 16.8. The molecule has 0 saturated carbocycles. The van der Waals surface area contributed by atoms with Gasteiger partial charge in [-0.05, 0) is 36.1 Å². The molecule has 2 heterocycles. The number of anilines is 1. The summed E-state index contributed by atoms with van der Waals surface area (Å²) in [5.74, 6) is 0.113. The summed E-state index contributed by atoms with van der Waals surface area (Å²) in [5.41, 5.74) is 1.14. The second-order valence-electron chi connectivity index (χ2n) is 5.77. The third-order valence-electron chi connectivity index (χ3n) is 3.90. The summed E-state index contributed by atoms with van der Waals surface area (Å²) in [5, 5.41) is 4.75. The van der Waals surface area contributed by atoms with Crippen LogP contribution < -0.4 is 5.32 Å². The predicted molar refractivity (Wildman–Crippen MR) is 104 cm³/mol. The van der Waals surface area contributed by atoms with Crippen LogP contribution in [0.4, 0.5) is 5.69 Å². The fraction of sp³-hybridized carbons (Fsp3) is 0.353. The second-order valence-corrected chi connectivity index (χ2v) is 9.90. The van der Waals surface area contributed by atoms with Gasteiger partial charge in [-0.25, -0.2) is 8.42 Å². The van der Waals surface area contributed by atoms with Crippen molar-refractivity contribution in [3.05, 3.63) is 41.3 Å². The van der Waals surface area contributed by atoms with Gasteiger partial charge in [0, 0.05) is 18.8 Å². The molecule has 1 fully saturated rings. The van der Waals surface area contributed by atoms with Gasteiger partial charge >= 0.3 is 0 Å². The van der Waals surface area contributed by atoms with Crippen LogP contribution in [0.2, 0.25) is 0 Å². The highest BCUT2D eigenvalue weighted by Crippen LogP contribution is 2.26. The Morgan fingerprint density at radius 3 is 2.77 bits per heavy atom. The number of nitrogens with one attached hydrogen (secondary N) is 1. The molecule has 1 aliphatic heterocycles. The molecule has 1 amide bonds. The quantitative estimate of drug-likeness (QED) is 0.739. The van der Waals surface area contributed by atoms with Gasteiger partial charge in [0.05, 0.1) is 28.1 Å². The summed E-state index contributed by atoms with van der Waals surface area (Å²) in [6.45, 7) is 3.24. The van der Waals surface area contributed by atoms with E-state index in [1.54, 1.807) is 30.4 Å². The van der Waals surface area contributed by atoms with E-state index in [1.807, 2.05) is 17.5 Å². The predicted octanol–water partition coefficient (Wildman–Crippen LogP) is 2.81. The number of ether oxygens (including phenoxy) is 1. The lowest BCUT2D eigenvalue weighted by atomic mass is 10.2. The number of thiophene rings is 1. The maximum atomic E-state index is 12.9. The topological polar surface area (TPSA) is 75.7 Å². The first-order valence-electron chi connectivity index (χ1n) is 8.11. The number of amides is 1. The molecule has 26 heavy (non-hydrogen) atoms. The second kappa shape index (κ2) is 8.53. The number of benzene rings is 1. The molecule has 1 N–H and O–H groups in total. The van der Waals surface area contributed by atoms with Crippen LogP contribution in [0, 0.1) is 6.92 Å². The third kappa shape index (κ3) is 4.66. The van der Waals surface area contributed by atoms with Gasteiger partial charge in [-0.1, -0.05) is 12.1 Å². The van der Waals surface area contributed by atoms with Crippen molar-refractivity contribution in [3.8, 4) is 0 Å². The molecule has 0 atom stereocenters. The Balaban J connectivity index is 1.71. The van der Waals surface area contributed by atoms with E-state index in [0.29, 0.717) is 37.6 Å². The van der Waals surface area contributed by atoms with Crippen LogP contribution in [0.5, 0.6) is 0 Å². The van der Waals surface area contributed by atoms with E-state index in [9.17, 15) is 13.2 Å². The summed E-state index contributed by atoms with van der Waals surface area (Å²) < 4.78 is 33.5. The van der Waals surface area contributed by atoms with E-state index >= 15 is 0 Å². The number of rotatable bonds is 6. The van der Waals surface area contributed by atoms with Crippen molar-refractivity contribution in [2.45, 2.75) is 16.0 Å². The van der Waals surface area contributed by atoms with E-state index in [0.717, 1.165) is 4.21 Å². The minimum absolute atomic E-state index is 0.165. The summed E-state index contributed by atoms with van der Waals surface area (Å²) in [6, 6.07) is 8.87. The Hall–Kier alpha value is -1.39. The number of carbonyl (C=O) groups is 1. The van der Waals surface area contributed by atoms with Crippen molar-refractivity contribution in [2.24, 2.45) is 0 Å². The van der Waals surface area contributed by atoms with Crippen molar-refractivity contribution in [3.63, 3.8) is 0 Å². The largest absolute Gasteiger partial charge is 0.379 e. The number of carbonyl (C=O) groups excluding carboxylic acids is 1. The van der Waals surface area contributed by atoms with Gasteiger partial charge in [-0.3, -0.25) is 4.79 Å². The fourth-order valence-corrected chi connectivity index (χ4v) is 5.80. The molecule has 6 nitrogen and oxygen atoms in total. The highest BCUT2D eigenvalue weighted by molar-refractivity contribution is 8.01. The zero-order chi connectivity index (χ0) is 18.6. The van der Waals surface area contributed by atoms with Crippen LogP contribution in [0.1, 0.15) is 5.56 Å². The van der Waals surface area contributed by atoms with Crippen LogP contribution in [0.15, 0.2) is 44.8 Å². The summed E-state index contributed by atoms with van der Waals surface area (Å²) >= 11 is 3.04. The molecule has 0 unspecified atom stereocenters. The van der Waals surface area contributed by atoms with Gasteiger partial charge in [-0.15, -0.1) is 23.1 Å². The molecule has 3 rings (SSSR count). The molecule has 1 aromatic carbocycles. The molecular weight excluding hydrogens is 392 g/mol. The van der Waals surface area contributed by atoms with Gasteiger partial charge in [0.15, 0.2) is 0 Å². The third-order valence-corrected chi connectivity index (χ3v) is 8.07. The van der Waals surface area contributed by atoms with Crippen molar-refractivity contribution in [1.82, 2.24) is 4.31 Å². The fourth-order valence-electron chi connectivity index (χ4n) is 2.56. The van der Waals surface area contributed by atoms with Gasteiger partial charge in [0.25, 0.3) is 0 Å². The van der Waals surface area contributed by atoms with Crippen molar-refractivity contribution >= 4 is 44.7 Å². The smallest absolute Gasteiger partial charge is 0.243 e. The molecule has 1 aliphatic rings. The molecule has 9 heteroatoms. The standard InChI is InChI=1S/C17H20N2O4S3/c1-13-4-5-14(18-16(20)12-25-17-3-2-10-24-17)11-15(13)26(21,22)19-6-8-23-9-7-19/h2-5,10-11H,6-9,12H2,1H3,(H,18,20). The van der Waals surface area contributed by atoms with Crippen LogP contribution in [-0.2, 0) is 19.6 Å². The average molecular weight is 413 g/mol. The van der Waals surface area contributed by atoms with Gasteiger partial charge in [-0.2, -0.15) is 4.31 Å². The number of sulfonamides is 1. The number of thioether (sulfide) groups is 1. The Labute approximate surface area is 161 Å². The lowest BCUT2D eigenvalue weighted by molar-refractivity contribution is -0.113. The first-order chi connectivity index (χ1) is 12.5. The number of hydrogen-bond donors (Lipinski definition) is 1. The van der Waals surface area contributed by atoms with Crippen LogP contribution in [0.3, 0.4) is 0 Å². The lowest BCUT2D eigenvalue weighted by Gasteiger charge is -2.26. The summed E-state index contributed by atoms with van der Waals surface area (Å²) in [7, 11) is -3.60. The number of morpholine rings is 1. The Morgan fingerprint density at radius 2 is 2.08 bits per heavy atom. The Bertz CT molecular complexity index is 860. The Morgan fingerprint density at radius 1 is 1.31 bits per heavy atom. The highest BCUT2D eigenvalue weighted by atomic mass is 32.2. The van der Waals surface area contributed by atoms with Crippen LogP contribution >= 0.6 is 23.1 Å². The highest BCUT2D eigenvalue weighted by Gasteiger charge is 2.28. The van der Waals surface area contributed by atoms with Crippen LogP contribution in [0.25, 0.3) is 0 Å².